The number of aromatic nitrogens is 2. The first-order chi connectivity index (χ1) is 13.4. The van der Waals surface area contributed by atoms with E-state index in [-0.39, 0.29) is 23.9 Å². The van der Waals surface area contributed by atoms with Crippen LogP contribution in [0.2, 0.25) is 0 Å². The summed E-state index contributed by atoms with van der Waals surface area (Å²) in [6.07, 6.45) is 3.13. The number of hydrogen-bond acceptors (Lipinski definition) is 4. The third-order valence-electron chi connectivity index (χ3n) is 5.16. The fraction of sp³-hybridized carbons (Fsp3) is 0.500. The van der Waals surface area contributed by atoms with Crippen LogP contribution in [0, 0.1) is 18.6 Å². The number of hydrogen-bond donors (Lipinski definition) is 1. The Morgan fingerprint density at radius 2 is 2.07 bits per heavy atom. The molecule has 0 spiro atoms. The topological polar surface area (TPSA) is 59.4 Å². The number of nitrogens with zero attached hydrogens (tertiary/aromatic N) is 3. The largest absolute Gasteiger partial charge is 0.450 e. The van der Waals surface area contributed by atoms with Gasteiger partial charge in [0.05, 0.1) is 12.8 Å². The predicted octanol–water partition coefficient (Wildman–Crippen LogP) is 3.73. The maximum Gasteiger partial charge on any atom is 0.409 e. The lowest BCUT2D eigenvalue weighted by Gasteiger charge is -2.33. The number of rotatable bonds is 5. The molecule has 2 heterocycles. The van der Waals surface area contributed by atoms with Crippen molar-refractivity contribution >= 4 is 6.09 Å². The van der Waals surface area contributed by atoms with Crippen LogP contribution < -0.4 is 5.32 Å². The van der Waals surface area contributed by atoms with Gasteiger partial charge in [-0.3, -0.25) is 0 Å². The Kier molecular flexibility index (Phi) is 6.28. The molecule has 0 saturated carbocycles. The molecule has 2 aromatic rings. The average molecular weight is 392 g/mol. The molecule has 1 fully saturated rings. The third kappa shape index (κ3) is 4.32. The maximum absolute atomic E-state index is 14.1. The second-order valence-corrected chi connectivity index (χ2v) is 7.04. The third-order valence-corrected chi connectivity index (χ3v) is 5.16. The van der Waals surface area contributed by atoms with Crippen molar-refractivity contribution in [2.75, 3.05) is 19.7 Å². The summed E-state index contributed by atoms with van der Waals surface area (Å²) in [7, 11) is 0. The van der Waals surface area contributed by atoms with Gasteiger partial charge in [0.1, 0.15) is 11.5 Å². The number of ether oxygens (including phenoxy) is 1. The van der Waals surface area contributed by atoms with Crippen LogP contribution in [-0.2, 0) is 4.74 Å². The van der Waals surface area contributed by atoms with Crippen molar-refractivity contribution in [3.63, 3.8) is 0 Å². The first kappa shape index (κ1) is 20.3. The van der Waals surface area contributed by atoms with Crippen LogP contribution >= 0.6 is 0 Å². The van der Waals surface area contributed by atoms with Gasteiger partial charge >= 0.3 is 6.09 Å². The van der Waals surface area contributed by atoms with Crippen LogP contribution in [0.5, 0.6) is 0 Å². The number of piperidine rings is 1. The molecule has 1 aromatic carbocycles. The smallest absolute Gasteiger partial charge is 0.409 e. The normalized spacial score (nSPS) is 16.2. The Morgan fingerprint density at radius 3 is 2.71 bits per heavy atom. The molecule has 3 rings (SSSR count). The molecule has 0 aliphatic carbocycles. The molecule has 0 radical (unpaired) electrons. The van der Waals surface area contributed by atoms with E-state index in [0.29, 0.717) is 19.7 Å². The van der Waals surface area contributed by atoms with E-state index in [9.17, 15) is 13.6 Å². The second-order valence-electron chi connectivity index (χ2n) is 7.04. The molecule has 1 aliphatic rings. The Morgan fingerprint density at radius 1 is 1.36 bits per heavy atom. The molecule has 1 amide bonds. The minimum Gasteiger partial charge on any atom is -0.450 e. The number of likely N-dealkylation sites (tertiary alicyclic amines) is 1. The quantitative estimate of drug-likeness (QED) is 0.842. The highest BCUT2D eigenvalue weighted by molar-refractivity contribution is 5.67. The van der Waals surface area contributed by atoms with Gasteiger partial charge in [-0.15, -0.1) is 0 Å². The van der Waals surface area contributed by atoms with Gasteiger partial charge in [-0.25, -0.2) is 18.3 Å². The highest BCUT2D eigenvalue weighted by atomic mass is 19.1. The summed E-state index contributed by atoms with van der Waals surface area (Å²) < 4.78 is 33.8. The van der Waals surface area contributed by atoms with Crippen molar-refractivity contribution in [1.82, 2.24) is 20.0 Å². The predicted molar refractivity (Wildman–Crippen MR) is 101 cm³/mol. The Labute approximate surface area is 163 Å². The highest BCUT2D eigenvalue weighted by Gasteiger charge is 2.25. The summed E-state index contributed by atoms with van der Waals surface area (Å²) in [5.41, 5.74) is 1.98. The van der Waals surface area contributed by atoms with E-state index in [0.717, 1.165) is 30.2 Å². The van der Waals surface area contributed by atoms with Gasteiger partial charge in [-0.05, 0) is 45.7 Å². The average Bonchev–Trinajstić information content (AvgIpc) is 3.04. The molecule has 0 bridgehead atoms. The standard InChI is InChI=1S/C20H26F2N4O2/c1-4-28-20(27)25-9-7-16(8-10-25)24-13(2)17-12-23-26(14(17)3)19-6-5-15(21)11-18(19)22/h5-6,11-13,16,24H,4,7-10H2,1-3H3. The number of amides is 1. The minimum atomic E-state index is -0.648. The Balaban J connectivity index is 1.64. The molecule has 1 N–H and O–H groups in total. The SMILES string of the molecule is CCOC(=O)N1CCC(NC(C)c2cnn(-c3ccc(F)cc3F)c2C)CC1. The van der Waals surface area contributed by atoms with E-state index in [2.05, 4.69) is 10.4 Å². The van der Waals surface area contributed by atoms with Crippen molar-refractivity contribution in [3.8, 4) is 5.69 Å². The lowest BCUT2D eigenvalue weighted by Crippen LogP contribution is -2.45. The van der Waals surface area contributed by atoms with Crippen LogP contribution in [0.3, 0.4) is 0 Å². The highest BCUT2D eigenvalue weighted by Crippen LogP contribution is 2.24. The molecule has 1 saturated heterocycles. The van der Waals surface area contributed by atoms with Gasteiger partial charge < -0.3 is 15.0 Å². The van der Waals surface area contributed by atoms with Crippen LogP contribution in [0.15, 0.2) is 24.4 Å². The summed E-state index contributed by atoms with van der Waals surface area (Å²) >= 11 is 0. The van der Waals surface area contributed by atoms with Gasteiger partial charge in [-0.1, -0.05) is 0 Å². The van der Waals surface area contributed by atoms with E-state index in [1.807, 2.05) is 13.8 Å². The zero-order chi connectivity index (χ0) is 20.3. The van der Waals surface area contributed by atoms with E-state index in [1.54, 1.807) is 18.0 Å². The Hall–Kier alpha value is -2.48. The van der Waals surface area contributed by atoms with Crippen LogP contribution in [0.4, 0.5) is 13.6 Å². The molecule has 6 nitrogen and oxygen atoms in total. The second kappa shape index (κ2) is 8.68. The summed E-state index contributed by atoms with van der Waals surface area (Å²) in [4.78, 5) is 13.5. The molecule has 8 heteroatoms. The number of carbonyl (C=O) groups excluding carboxylic acids is 1. The van der Waals surface area contributed by atoms with Gasteiger partial charge in [0.25, 0.3) is 0 Å². The van der Waals surface area contributed by atoms with E-state index in [4.69, 9.17) is 4.74 Å². The van der Waals surface area contributed by atoms with Crippen LogP contribution in [0.1, 0.15) is 44.0 Å². The van der Waals surface area contributed by atoms with Crippen LogP contribution in [-0.4, -0.2) is 46.5 Å². The summed E-state index contributed by atoms with van der Waals surface area (Å²) in [6.45, 7) is 7.39. The van der Waals surface area contributed by atoms with Gasteiger partial charge in [0.15, 0.2) is 5.82 Å². The van der Waals surface area contributed by atoms with E-state index < -0.39 is 11.6 Å². The zero-order valence-electron chi connectivity index (χ0n) is 16.4. The monoisotopic (exact) mass is 392 g/mol. The minimum absolute atomic E-state index is 0.0106. The van der Waals surface area contributed by atoms with E-state index in [1.165, 1.54) is 16.8 Å². The lowest BCUT2D eigenvalue weighted by atomic mass is 10.0. The molecule has 28 heavy (non-hydrogen) atoms. The lowest BCUT2D eigenvalue weighted by molar-refractivity contribution is 0.0943. The summed E-state index contributed by atoms with van der Waals surface area (Å²) in [5, 5.41) is 7.86. The fourth-order valence-electron chi connectivity index (χ4n) is 3.63. The molecule has 1 unspecified atom stereocenters. The van der Waals surface area contributed by atoms with E-state index >= 15 is 0 Å². The molecule has 1 aromatic heterocycles. The van der Waals surface area contributed by atoms with Gasteiger partial charge in [-0.2, -0.15) is 5.10 Å². The van der Waals surface area contributed by atoms with Crippen LogP contribution in [0.25, 0.3) is 5.69 Å². The number of carbonyl (C=O) groups is 1. The Bertz CT molecular complexity index is 832. The van der Waals surface area contributed by atoms with Crippen molar-refractivity contribution in [1.29, 1.82) is 0 Å². The van der Waals surface area contributed by atoms with Crippen molar-refractivity contribution in [2.45, 2.75) is 45.7 Å². The van der Waals surface area contributed by atoms with Crippen molar-refractivity contribution < 1.29 is 18.3 Å². The van der Waals surface area contributed by atoms with Crippen molar-refractivity contribution in [3.05, 3.63) is 47.3 Å². The zero-order valence-corrected chi connectivity index (χ0v) is 16.4. The molecular weight excluding hydrogens is 366 g/mol. The summed E-state index contributed by atoms with van der Waals surface area (Å²) in [5.74, 6) is -1.26. The number of nitrogens with one attached hydrogen (secondary N) is 1. The summed E-state index contributed by atoms with van der Waals surface area (Å²) in [6, 6.07) is 3.74. The van der Waals surface area contributed by atoms with Gasteiger partial charge in [0.2, 0.25) is 0 Å². The number of benzene rings is 1. The molecular formula is C20H26F2N4O2. The molecule has 1 aliphatic heterocycles. The first-order valence-corrected chi connectivity index (χ1v) is 9.58. The fourth-order valence-corrected chi connectivity index (χ4v) is 3.63. The molecule has 152 valence electrons. The first-order valence-electron chi connectivity index (χ1n) is 9.58. The number of halogens is 2. The molecule has 1 atom stereocenters. The maximum atomic E-state index is 14.1. The van der Waals surface area contributed by atoms with Crippen molar-refractivity contribution in [2.24, 2.45) is 0 Å². The van der Waals surface area contributed by atoms with Gasteiger partial charge in [0, 0.05) is 42.5 Å².